The molecule has 2 aromatic heterocycles. The fraction of sp³-hybridized carbons (Fsp3) is 0.200. The van der Waals surface area contributed by atoms with Gasteiger partial charge in [0.05, 0.1) is 17.9 Å². The van der Waals surface area contributed by atoms with E-state index in [9.17, 15) is 0 Å². The Morgan fingerprint density at radius 3 is 2.69 bits per heavy atom. The first-order chi connectivity index (χ1) is 7.58. The first-order valence-corrected chi connectivity index (χ1v) is 6.21. The van der Waals surface area contributed by atoms with Gasteiger partial charge in [0.25, 0.3) is 0 Å². The largest absolute Gasteiger partial charge is 0.319 e. The quantitative estimate of drug-likeness (QED) is 0.909. The second-order valence-electron chi connectivity index (χ2n) is 3.45. The monoisotopic (exact) mass is 344 g/mol. The van der Waals surface area contributed by atoms with Crippen molar-refractivity contribution in [1.82, 2.24) is 14.8 Å². The minimum Gasteiger partial charge on any atom is -0.319 e. The fourth-order valence-electron chi connectivity index (χ4n) is 1.41. The van der Waals surface area contributed by atoms with Crippen molar-refractivity contribution in [2.75, 3.05) is 0 Å². The molecule has 0 amide bonds. The molecule has 0 aromatic carbocycles. The van der Waals surface area contributed by atoms with Crippen LogP contribution < -0.4 is 5.73 Å². The van der Waals surface area contributed by atoms with Crippen molar-refractivity contribution in [2.24, 2.45) is 12.8 Å². The lowest BCUT2D eigenvalue weighted by Gasteiger charge is -2.10. The number of aryl methyl sites for hydroxylation is 1. The maximum atomic E-state index is 6.12. The average Bonchev–Trinajstić information content (AvgIpc) is 2.64. The smallest absolute Gasteiger partial charge is 0.0768 e. The SMILES string of the molecule is Cn1cc(C(N)c2ncc(Br)cc2Br)cn1. The maximum absolute atomic E-state index is 6.12. The van der Waals surface area contributed by atoms with Gasteiger partial charge in [0, 0.05) is 34.0 Å². The summed E-state index contributed by atoms with van der Waals surface area (Å²) in [7, 11) is 1.86. The molecule has 0 saturated carbocycles. The first-order valence-electron chi connectivity index (χ1n) is 4.63. The molecule has 0 radical (unpaired) electrons. The molecule has 2 rings (SSSR count). The summed E-state index contributed by atoms with van der Waals surface area (Å²) in [6, 6.07) is 1.66. The highest BCUT2D eigenvalue weighted by Gasteiger charge is 2.15. The molecule has 16 heavy (non-hydrogen) atoms. The molecule has 2 N–H and O–H groups in total. The number of rotatable bonds is 2. The predicted molar refractivity (Wildman–Crippen MR) is 68.9 cm³/mol. The lowest BCUT2D eigenvalue weighted by Crippen LogP contribution is -2.13. The highest BCUT2D eigenvalue weighted by Crippen LogP contribution is 2.26. The van der Waals surface area contributed by atoms with Crippen molar-refractivity contribution in [3.8, 4) is 0 Å². The lowest BCUT2D eigenvalue weighted by atomic mass is 10.1. The molecule has 0 aliphatic rings. The van der Waals surface area contributed by atoms with Crippen LogP contribution in [0.25, 0.3) is 0 Å². The van der Waals surface area contributed by atoms with Gasteiger partial charge >= 0.3 is 0 Å². The summed E-state index contributed by atoms with van der Waals surface area (Å²) in [5.41, 5.74) is 7.86. The molecule has 4 nitrogen and oxygen atoms in total. The topological polar surface area (TPSA) is 56.7 Å². The molecule has 0 bridgehead atoms. The molecule has 1 atom stereocenters. The fourth-order valence-corrected chi connectivity index (χ4v) is 2.65. The van der Waals surface area contributed by atoms with E-state index in [1.165, 1.54) is 0 Å². The summed E-state index contributed by atoms with van der Waals surface area (Å²) in [5.74, 6) is 0. The summed E-state index contributed by atoms with van der Waals surface area (Å²) in [5, 5.41) is 4.09. The molecule has 0 fully saturated rings. The van der Waals surface area contributed by atoms with Crippen molar-refractivity contribution in [3.05, 3.63) is 44.9 Å². The molecular formula is C10H10Br2N4. The Morgan fingerprint density at radius 1 is 1.38 bits per heavy atom. The molecular weight excluding hydrogens is 336 g/mol. The van der Waals surface area contributed by atoms with Crippen LogP contribution >= 0.6 is 31.9 Å². The molecule has 0 aliphatic carbocycles. The normalized spacial score (nSPS) is 12.8. The highest BCUT2D eigenvalue weighted by atomic mass is 79.9. The van der Waals surface area contributed by atoms with Crippen LogP contribution in [0.15, 0.2) is 33.6 Å². The van der Waals surface area contributed by atoms with E-state index in [2.05, 4.69) is 41.9 Å². The van der Waals surface area contributed by atoms with E-state index in [1.54, 1.807) is 17.1 Å². The van der Waals surface area contributed by atoms with E-state index in [-0.39, 0.29) is 6.04 Å². The molecule has 2 heterocycles. The van der Waals surface area contributed by atoms with Crippen molar-refractivity contribution in [1.29, 1.82) is 0 Å². The van der Waals surface area contributed by atoms with Crippen LogP contribution in [0.4, 0.5) is 0 Å². The van der Waals surface area contributed by atoms with Gasteiger partial charge in [-0.25, -0.2) is 0 Å². The number of pyridine rings is 1. The van der Waals surface area contributed by atoms with Gasteiger partial charge in [-0.2, -0.15) is 5.10 Å². The van der Waals surface area contributed by atoms with E-state index in [4.69, 9.17) is 5.73 Å². The summed E-state index contributed by atoms with van der Waals surface area (Å²) >= 11 is 6.81. The third kappa shape index (κ3) is 2.34. The van der Waals surface area contributed by atoms with Crippen LogP contribution in [0.2, 0.25) is 0 Å². The van der Waals surface area contributed by atoms with E-state index >= 15 is 0 Å². The standard InChI is InChI=1S/C10H10Br2N4/c1-16-5-6(3-15-16)9(13)10-8(12)2-7(11)4-14-10/h2-5,9H,13H2,1H3. The molecule has 0 spiro atoms. The van der Waals surface area contributed by atoms with Crippen molar-refractivity contribution in [2.45, 2.75) is 6.04 Å². The van der Waals surface area contributed by atoms with Crippen LogP contribution in [0.3, 0.4) is 0 Å². The van der Waals surface area contributed by atoms with Gasteiger partial charge in [-0.3, -0.25) is 9.67 Å². The first kappa shape index (κ1) is 11.8. The van der Waals surface area contributed by atoms with Crippen LogP contribution in [0.1, 0.15) is 17.3 Å². The molecule has 6 heteroatoms. The molecule has 2 aromatic rings. The second-order valence-corrected chi connectivity index (χ2v) is 5.22. The van der Waals surface area contributed by atoms with Crippen LogP contribution in [-0.4, -0.2) is 14.8 Å². The minimum absolute atomic E-state index is 0.267. The lowest BCUT2D eigenvalue weighted by molar-refractivity contribution is 0.763. The highest BCUT2D eigenvalue weighted by molar-refractivity contribution is 9.11. The summed E-state index contributed by atoms with van der Waals surface area (Å²) in [6.45, 7) is 0. The van der Waals surface area contributed by atoms with Crippen LogP contribution in [0.5, 0.6) is 0 Å². The minimum atomic E-state index is -0.267. The Kier molecular flexibility index (Phi) is 3.41. The van der Waals surface area contributed by atoms with Gasteiger partial charge in [-0.05, 0) is 37.9 Å². The second kappa shape index (κ2) is 4.65. The Balaban J connectivity index is 2.37. The molecule has 0 saturated heterocycles. The van der Waals surface area contributed by atoms with Gasteiger partial charge in [-0.1, -0.05) is 0 Å². The molecule has 0 aliphatic heterocycles. The van der Waals surface area contributed by atoms with Crippen molar-refractivity contribution >= 4 is 31.9 Å². The van der Waals surface area contributed by atoms with Crippen LogP contribution in [0, 0.1) is 0 Å². The molecule has 84 valence electrons. The zero-order valence-corrected chi connectivity index (χ0v) is 11.7. The summed E-state index contributed by atoms with van der Waals surface area (Å²) in [6.07, 6.45) is 5.37. The van der Waals surface area contributed by atoms with Crippen molar-refractivity contribution in [3.63, 3.8) is 0 Å². The third-order valence-electron chi connectivity index (χ3n) is 2.21. The van der Waals surface area contributed by atoms with E-state index in [0.29, 0.717) is 0 Å². The van der Waals surface area contributed by atoms with Gasteiger partial charge in [0.2, 0.25) is 0 Å². The van der Waals surface area contributed by atoms with E-state index in [0.717, 1.165) is 20.2 Å². The number of nitrogens with two attached hydrogens (primary N) is 1. The predicted octanol–water partition coefficient (Wildman–Crippen LogP) is 2.39. The van der Waals surface area contributed by atoms with Gasteiger partial charge in [-0.15, -0.1) is 0 Å². The van der Waals surface area contributed by atoms with Gasteiger partial charge < -0.3 is 5.73 Å². The number of nitrogens with zero attached hydrogens (tertiary/aromatic N) is 3. The number of aromatic nitrogens is 3. The van der Waals surface area contributed by atoms with E-state index in [1.807, 2.05) is 19.3 Å². The Bertz CT molecular complexity index is 509. The average molecular weight is 346 g/mol. The van der Waals surface area contributed by atoms with Gasteiger partial charge in [0.15, 0.2) is 0 Å². The summed E-state index contributed by atoms with van der Waals surface area (Å²) in [4.78, 5) is 4.31. The van der Waals surface area contributed by atoms with Gasteiger partial charge in [0.1, 0.15) is 0 Å². The third-order valence-corrected chi connectivity index (χ3v) is 3.28. The summed E-state index contributed by atoms with van der Waals surface area (Å²) < 4.78 is 3.53. The maximum Gasteiger partial charge on any atom is 0.0768 e. The van der Waals surface area contributed by atoms with Crippen molar-refractivity contribution < 1.29 is 0 Å². The molecule has 1 unspecified atom stereocenters. The number of hydrogen-bond acceptors (Lipinski definition) is 3. The van der Waals surface area contributed by atoms with Crippen LogP contribution in [-0.2, 0) is 7.05 Å². The zero-order chi connectivity index (χ0) is 11.7. The Hall–Kier alpha value is -0.720. The Labute approximate surface area is 110 Å². The zero-order valence-electron chi connectivity index (χ0n) is 8.56. The number of hydrogen-bond donors (Lipinski definition) is 1. The number of halogens is 2. The van der Waals surface area contributed by atoms with E-state index < -0.39 is 0 Å². The Morgan fingerprint density at radius 2 is 2.12 bits per heavy atom.